The Labute approximate surface area is 282 Å². The monoisotopic (exact) mass is 671 g/mol. The van der Waals surface area contributed by atoms with E-state index < -0.39 is 34.3 Å². The summed E-state index contributed by atoms with van der Waals surface area (Å²) in [5.41, 5.74) is 1.89. The third-order valence-electron chi connectivity index (χ3n) is 8.53. The Kier molecular flexibility index (Phi) is 11.8. The number of benzene rings is 4. The zero-order valence-electron chi connectivity index (χ0n) is 27.1. The molecule has 8 nitrogen and oxygen atoms in total. The molecule has 0 spiro atoms. The highest BCUT2D eigenvalue weighted by Gasteiger charge is 2.35. The van der Waals surface area contributed by atoms with E-state index in [2.05, 4.69) is 5.32 Å². The molecule has 0 heterocycles. The predicted octanol–water partition coefficient (Wildman–Crippen LogP) is 6.51. The summed E-state index contributed by atoms with van der Waals surface area (Å²) in [6.45, 7) is 1.76. The second-order valence-electron chi connectivity index (χ2n) is 11.9. The van der Waals surface area contributed by atoms with E-state index >= 15 is 0 Å². The molecular weight excluding hydrogens is 629 g/mol. The van der Waals surface area contributed by atoms with Gasteiger partial charge in [0.15, 0.2) is 0 Å². The lowest BCUT2D eigenvalue weighted by molar-refractivity contribution is -0.140. The summed E-state index contributed by atoms with van der Waals surface area (Å²) in [5.74, 6) is -0.874. The van der Waals surface area contributed by atoms with Gasteiger partial charge in [-0.05, 0) is 79.4 Å². The molecule has 5 rings (SSSR count). The van der Waals surface area contributed by atoms with Crippen LogP contribution in [-0.4, -0.2) is 50.4 Å². The number of amides is 2. The van der Waals surface area contributed by atoms with Gasteiger partial charge in [-0.1, -0.05) is 79.9 Å². The maximum absolute atomic E-state index is 14.6. The number of hydrogen-bond donors (Lipinski definition) is 1. The molecule has 4 aromatic rings. The number of hydrogen-bond acceptors (Lipinski definition) is 5. The number of carbonyl (C=O) groups is 2. The number of halogens is 1. The Bertz CT molecular complexity index is 1730. The van der Waals surface area contributed by atoms with Gasteiger partial charge >= 0.3 is 0 Å². The van der Waals surface area contributed by atoms with Gasteiger partial charge in [0.25, 0.3) is 10.0 Å². The molecule has 2 amide bonds. The third kappa shape index (κ3) is 9.01. The van der Waals surface area contributed by atoms with Crippen molar-refractivity contribution in [3.8, 4) is 5.75 Å². The Morgan fingerprint density at radius 2 is 1.44 bits per heavy atom. The maximum atomic E-state index is 14.6. The van der Waals surface area contributed by atoms with E-state index in [4.69, 9.17) is 4.74 Å². The fourth-order valence-electron chi connectivity index (χ4n) is 6.02. The quantitative estimate of drug-likeness (QED) is 0.165. The second kappa shape index (κ2) is 16.4. The molecule has 48 heavy (non-hydrogen) atoms. The van der Waals surface area contributed by atoms with E-state index in [1.165, 1.54) is 17.0 Å². The van der Waals surface area contributed by atoms with Gasteiger partial charge in [0.1, 0.15) is 24.2 Å². The standard InChI is InChI=1S/C38H42FN3O5S/c1-2-47-34-22-20-33(21-23-34)42(48(45,46)35-24-18-31(39)19-25-35)28-37(43)41(27-30-14-8-4-9-15-30)36(26-29-12-6-3-7-13-29)38(44)40-32-16-10-5-11-17-32/h3-4,6-9,12-15,18-25,32,36H,2,5,10-11,16-17,26-28H2,1H3,(H,40,44)/t36-/m0/s1. The van der Waals surface area contributed by atoms with Gasteiger partial charge in [0.05, 0.1) is 17.2 Å². The van der Waals surface area contributed by atoms with E-state index in [1.54, 1.807) is 24.3 Å². The summed E-state index contributed by atoms with van der Waals surface area (Å²) in [4.78, 5) is 30.1. The van der Waals surface area contributed by atoms with Crippen LogP contribution in [0, 0.1) is 5.82 Å². The van der Waals surface area contributed by atoms with Crippen molar-refractivity contribution in [2.75, 3.05) is 17.5 Å². The first-order chi connectivity index (χ1) is 23.2. The molecule has 10 heteroatoms. The molecule has 252 valence electrons. The summed E-state index contributed by atoms with van der Waals surface area (Å²) >= 11 is 0. The van der Waals surface area contributed by atoms with Gasteiger partial charge < -0.3 is 15.0 Å². The van der Waals surface area contributed by atoms with Crippen molar-refractivity contribution < 1.29 is 27.1 Å². The Hall–Kier alpha value is -4.70. The fraction of sp³-hybridized carbons (Fsp3) is 0.316. The van der Waals surface area contributed by atoms with Crippen LogP contribution in [0.25, 0.3) is 0 Å². The number of sulfonamides is 1. The molecule has 4 aromatic carbocycles. The number of carbonyl (C=O) groups excluding carboxylic acids is 2. The minimum atomic E-state index is -4.35. The van der Waals surface area contributed by atoms with Crippen molar-refractivity contribution in [1.29, 1.82) is 0 Å². The van der Waals surface area contributed by atoms with Gasteiger partial charge in [-0.2, -0.15) is 0 Å². The highest BCUT2D eigenvalue weighted by Crippen LogP contribution is 2.27. The van der Waals surface area contributed by atoms with Crippen LogP contribution >= 0.6 is 0 Å². The smallest absolute Gasteiger partial charge is 0.264 e. The Morgan fingerprint density at radius 1 is 0.833 bits per heavy atom. The normalized spacial score (nSPS) is 14.1. The van der Waals surface area contributed by atoms with Crippen molar-refractivity contribution in [2.24, 2.45) is 0 Å². The minimum Gasteiger partial charge on any atom is -0.494 e. The zero-order valence-corrected chi connectivity index (χ0v) is 27.9. The first-order valence-electron chi connectivity index (χ1n) is 16.4. The van der Waals surface area contributed by atoms with Gasteiger partial charge in [0.2, 0.25) is 11.8 Å². The summed E-state index contributed by atoms with van der Waals surface area (Å²) in [6.07, 6.45) is 5.17. The van der Waals surface area contributed by atoms with Crippen LogP contribution in [0.3, 0.4) is 0 Å². The van der Waals surface area contributed by atoms with Gasteiger partial charge in [0, 0.05) is 19.0 Å². The average Bonchev–Trinajstić information content (AvgIpc) is 3.10. The molecule has 0 aliphatic heterocycles. The van der Waals surface area contributed by atoms with Crippen LogP contribution in [-0.2, 0) is 32.6 Å². The molecular formula is C38H42FN3O5S. The Morgan fingerprint density at radius 3 is 2.04 bits per heavy atom. The largest absolute Gasteiger partial charge is 0.494 e. The first kappa shape index (κ1) is 34.6. The lowest BCUT2D eigenvalue weighted by atomic mass is 9.94. The first-order valence-corrected chi connectivity index (χ1v) is 17.9. The molecule has 0 saturated heterocycles. The van der Waals surface area contributed by atoms with Crippen molar-refractivity contribution >= 4 is 27.5 Å². The van der Waals surface area contributed by atoms with Crippen LogP contribution < -0.4 is 14.4 Å². The van der Waals surface area contributed by atoms with Gasteiger partial charge in [-0.15, -0.1) is 0 Å². The minimum absolute atomic E-state index is 0.0115. The molecule has 1 atom stereocenters. The average molecular weight is 672 g/mol. The molecule has 0 unspecified atom stereocenters. The molecule has 1 fully saturated rings. The highest BCUT2D eigenvalue weighted by atomic mass is 32.2. The van der Waals surface area contributed by atoms with Gasteiger partial charge in [-0.25, -0.2) is 12.8 Å². The number of nitrogens with one attached hydrogen (secondary N) is 1. The Balaban J connectivity index is 1.55. The predicted molar refractivity (Wildman–Crippen MR) is 184 cm³/mol. The highest BCUT2D eigenvalue weighted by molar-refractivity contribution is 7.92. The zero-order chi connectivity index (χ0) is 33.9. The molecule has 0 aromatic heterocycles. The molecule has 1 aliphatic carbocycles. The summed E-state index contributed by atoms with van der Waals surface area (Å²) in [7, 11) is -4.35. The van der Waals surface area contributed by atoms with Crippen LogP contribution in [0.4, 0.5) is 10.1 Å². The van der Waals surface area contributed by atoms with Crippen LogP contribution in [0.2, 0.25) is 0 Å². The van der Waals surface area contributed by atoms with Crippen molar-refractivity contribution in [3.05, 3.63) is 126 Å². The maximum Gasteiger partial charge on any atom is 0.264 e. The van der Waals surface area contributed by atoms with E-state index in [-0.39, 0.29) is 35.5 Å². The van der Waals surface area contributed by atoms with E-state index in [1.807, 2.05) is 67.6 Å². The lowest BCUT2D eigenvalue weighted by Crippen LogP contribution is -2.55. The van der Waals surface area contributed by atoms with Gasteiger partial charge in [-0.3, -0.25) is 13.9 Å². The summed E-state index contributed by atoms with van der Waals surface area (Å²) in [6, 6.07) is 28.8. The second-order valence-corrected chi connectivity index (χ2v) is 13.8. The third-order valence-corrected chi connectivity index (χ3v) is 10.3. The lowest BCUT2D eigenvalue weighted by Gasteiger charge is -2.35. The molecule has 1 aliphatic rings. The number of ether oxygens (including phenoxy) is 1. The summed E-state index contributed by atoms with van der Waals surface area (Å²) in [5, 5.41) is 3.21. The van der Waals surface area contributed by atoms with Crippen LogP contribution in [0.1, 0.15) is 50.2 Å². The SMILES string of the molecule is CCOc1ccc(N(CC(=O)N(Cc2ccccc2)[C@@H](Cc2ccccc2)C(=O)NC2CCCCC2)S(=O)(=O)c2ccc(F)cc2)cc1. The number of nitrogens with zero attached hydrogens (tertiary/aromatic N) is 2. The van der Waals surface area contributed by atoms with Crippen LogP contribution in [0.15, 0.2) is 114 Å². The molecule has 0 radical (unpaired) electrons. The van der Waals surface area contributed by atoms with Crippen molar-refractivity contribution in [2.45, 2.75) is 69.0 Å². The number of anilines is 1. The van der Waals surface area contributed by atoms with E-state index in [9.17, 15) is 22.4 Å². The summed E-state index contributed by atoms with van der Waals surface area (Å²) < 4.78 is 48.7. The molecule has 1 saturated carbocycles. The van der Waals surface area contributed by atoms with Crippen molar-refractivity contribution in [1.82, 2.24) is 10.2 Å². The number of rotatable bonds is 14. The van der Waals surface area contributed by atoms with E-state index in [0.717, 1.165) is 59.7 Å². The molecule has 0 bridgehead atoms. The fourth-order valence-corrected chi connectivity index (χ4v) is 7.43. The van der Waals surface area contributed by atoms with Crippen LogP contribution in [0.5, 0.6) is 5.75 Å². The van der Waals surface area contributed by atoms with Crippen molar-refractivity contribution in [3.63, 3.8) is 0 Å². The molecule has 1 N–H and O–H groups in total. The van der Waals surface area contributed by atoms with E-state index in [0.29, 0.717) is 12.4 Å². The topological polar surface area (TPSA) is 96.0 Å².